The van der Waals surface area contributed by atoms with Crippen LogP contribution in [0.2, 0.25) is 0 Å². The van der Waals surface area contributed by atoms with E-state index in [4.69, 9.17) is 0 Å². The molecule has 0 saturated heterocycles. The van der Waals surface area contributed by atoms with Crippen LogP contribution in [0.1, 0.15) is 16.7 Å². The molecule has 1 unspecified atom stereocenters. The molecule has 0 heterocycles. The summed E-state index contributed by atoms with van der Waals surface area (Å²) in [7, 11) is 0.797. The second kappa shape index (κ2) is 10.7. The van der Waals surface area contributed by atoms with Crippen LogP contribution in [0.15, 0.2) is 53.5 Å². The van der Waals surface area contributed by atoms with Gasteiger partial charge in [0.1, 0.15) is 5.82 Å². The van der Waals surface area contributed by atoms with Gasteiger partial charge in [-0.1, -0.05) is 36.4 Å². The van der Waals surface area contributed by atoms with Gasteiger partial charge in [0.05, 0.1) is 0 Å². The van der Waals surface area contributed by atoms with Crippen molar-refractivity contribution in [2.24, 2.45) is 4.99 Å². The van der Waals surface area contributed by atoms with Crippen LogP contribution in [0.25, 0.3) is 0 Å². The summed E-state index contributed by atoms with van der Waals surface area (Å²) in [5.41, 5.74) is 3.15. The standard InChI is InChI=1S/C20H26FN3OS/c1-16-14-19(21)9-8-18(16)10-11-23-20(22-2)24-12-13-26(25)15-17-6-4-3-5-7-17/h3-9,14H,10-13,15H2,1-2H3,(H2,22,23,24). The van der Waals surface area contributed by atoms with Crippen LogP contribution in [-0.2, 0) is 23.0 Å². The number of hydrogen-bond donors (Lipinski definition) is 2. The van der Waals surface area contributed by atoms with Crippen molar-refractivity contribution in [1.29, 1.82) is 0 Å². The molecule has 0 fully saturated rings. The Kier molecular flexibility index (Phi) is 8.28. The van der Waals surface area contributed by atoms with Gasteiger partial charge in [-0.05, 0) is 42.2 Å². The summed E-state index contributed by atoms with van der Waals surface area (Å²) in [6.07, 6.45) is 0.784. The Hall–Kier alpha value is -2.21. The molecular weight excluding hydrogens is 349 g/mol. The fraction of sp³-hybridized carbons (Fsp3) is 0.350. The first-order valence-corrected chi connectivity index (χ1v) is 10.2. The minimum atomic E-state index is -0.911. The molecule has 6 heteroatoms. The van der Waals surface area contributed by atoms with E-state index in [-0.39, 0.29) is 5.82 Å². The molecule has 2 rings (SSSR count). The maximum absolute atomic E-state index is 13.1. The van der Waals surface area contributed by atoms with Crippen molar-refractivity contribution in [3.63, 3.8) is 0 Å². The normalized spacial score (nSPS) is 12.7. The summed E-state index contributed by atoms with van der Waals surface area (Å²) < 4.78 is 25.3. The highest BCUT2D eigenvalue weighted by Crippen LogP contribution is 2.10. The molecule has 0 aliphatic heterocycles. The Balaban J connectivity index is 1.68. The predicted octanol–water partition coefficient (Wildman–Crippen LogP) is 2.79. The maximum atomic E-state index is 13.1. The van der Waals surface area contributed by atoms with Gasteiger partial charge >= 0.3 is 0 Å². The minimum Gasteiger partial charge on any atom is -0.356 e. The molecule has 2 aromatic carbocycles. The molecule has 0 aliphatic carbocycles. The van der Waals surface area contributed by atoms with Gasteiger partial charge in [-0.25, -0.2) is 4.39 Å². The van der Waals surface area contributed by atoms with E-state index in [2.05, 4.69) is 15.6 Å². The zero-order valence-electron chi connectivity index (χ0n) is 15.3. The number of guanidine groups is 1. The lowest BCUT2D eigenvalue weighted by Gasteiger charge is -2.12. The van der Waals surface area contributed by atoms with E-state index in [1.165, 1.54) is 6.07 Å². The molecule has 0 bridgehead atoms. The van der Waals surface area contributed by atoms with Gasteiger partial charge in [0, 0.05) is 42.4 Å². The summed E-state index contributed by atoms with van der Waals surface area (Å²) in [6, 6.07) is 14.7. The van der Waals surface area contributed by atoms with E-state index < -0.39 is 10.8 Å². The van der Waals surface area contributed by atoms with E-state index in [0.717, 1.165) is 23.1 Å². The summed E-state index contributed by atoms with van der Waals surface area (Å²) >= 11 is 0. The Morgan fingerprint density at radius 1 is 1.12 bits per heavy atom. The van der Waals surface area contributed by atoms with Crippen molar-refractivity contribution in [1.82, 2.24) is 10.6 Å². The van der Waals surface area contributed by atoms with E-state index in [1.807, 2.05) is 43.3 Å². The van der Waals surface area contributed by atoms with Crippen LogP contribution in [0.3, 0.4) is 0 Å². The number of hydrogen-bond acceptors (Lipinski definition) is 2. The Bertz CT molecular complexity index is 750. The number of rotatable bonds is 8. The average molecular weight is 376 g/mol. The van der Waals surface area contributed by atoms with Crippen molar-refractivity contribution in [3.8, 4) is 0 Å². The lowest BCUT2D eigenvalue weighted by molar-refractivity contribution is 0.625. The zero-order valence-corrected chi connectivity index (χ0v) is 16.1. The Morgan fingerprint density at radius 3 is 2.54 bits per heavy atom. The van der Waals surface area contributed by atoms with Crippen LogP contribution in [0, 0.1) is 12.7 Å². The van der Waals surface area contributed by atoms with Crippen molar-refractivity contribution < 1.29 is 8.60 Å². The topological polar surface area (TPSA) is 53.5 Å². The summed E-state index contributed by atoms with van der Waals surface area (Å²) in [4.78, 5) is 4.17. The van der Waals surface area contributed by atoms with E-state index in [0.29, 0.717) is 30.6 Å². The monoisotopic (exact) mass is 375 g/mol. The molecule has 2 N–H and O–H groups in total. The van der Waals surface area contributed by atoms with Gasteiger partial charge in [0.15, 0.2) is 5.96 Å². The lowest BCUT2D eigenvalue weighted by Crippen LogP contribution is -2.40. The highest BCUT2D eigenvalue weighted by molar-refractivity contribution is 7.84. The molecule has 0 amide bonds. The average Bonchev–Trinajstić information content (AvgIpc) is 2.63. The number of aliphatic imine (C=N–C) groups is 1. The number of halogens is 1. The fourth-order valence-corrected chi connectivity index (χ4v) is 3.63. The van der Waals surface area contributed by atoms with Gasteiger partial charge < -0.3 is 10.6 Å². The molecule has 4 nitrogen and oxygen atoms in total. The molecule has 26 heavy (non-hydrogen) atoms. The molecule has 140 valence electrons. The van der Waals surface area contributed by atoms with Gasteiger partial charge in [-0.3, -0.25) is 9.20 Å². The number of benzene rings is 2. The van der Waals surface area contributed by atoms with Gasteiger partial charge in [0.25, 0.3) is 0 Å². The zero-order chi connectivity index (χ0) is 18.8. The summed E-state index contributed by atoms with van der Waals surface area (Å²) in [5, 5.41) is 6.41. The molecule has 0 aromatic heterocycles. The lowest BCUT2D eigenvalue weighted by atomic mass is 10.1. The number of nitrogens with one attached hydrogen (secondary N) is 2. The highest BCUT2D eigenvalue weighted by atomic mass is 32.2. The van der Waals surface area contributed by atoms with Crippen LogP contribution in [-0.4, -0.2) is 36.1 Å². The third-order valence-corrected chi connectivity index (χ3v) is 5.32. The number of aryl methyl sites for hydroxylation is 1. The summed E-state index contributed by atoms with van der Waals surface area (Å²) in [5.74, 6) is 1.60. The van der Waals surface area contributed by atoms with E-state index in [1.54, 1.807) is 13.1 Å². The first kappa shape index (κ1) is 20.1. The molecule has 0 saturated carbocycles. The molecule has 2 aromatic rings. The van der Waals surface area contributed by atoms with Crippen molar-refractivity contribution >= 4 is 16.8 Å². The van der Waals surface area contributed by atoms with Crippen LogP contribution in [0.4, 0.5) is 4.39 Å². The largest absolute Gasteiger partial charge is 0.356 e. The van der Waals surface area contributed by atoms with Gasteiger partial charge in [-0.2, -0.15) is 0 Å². The Morgan fingerprint density at radius 2 is 1.85 bits per heavy atom. The maximum Gasteiger partial charge on any atom is 0.191 e. The number of nitrogens with zero attached hydrogens (tertiary/aromatic N) is 1. The van der Waals surface area contributed by atoms with Crippen LogP contribution >= 0.6 is 0 Å². The van der Waals surface area contributed by atoms with Crippen LogP contribution in [0.5, 0.6) is 0 Å². The fourth-order valence-electron chi connectivity index (χ4n) is 2.59. The quantitative estimate of drug-likeness (QED) is 0.551. The molecule has 1 atom stereocenters. The van der Waals surface area contributed by atoms with Crippen molar-refractivity contribution in [2.45, 2.75) is 19.1 Å². The van der Waals surface area contributed by atoms with Gasteiger partial charge in [-0.15, -0.1) is 0 Å². The van der Waals surface area contributed by atoms with E-state index in [9.17, 15) is 8.60 Å². The smallest absolute Gasteiger partial charge is 0.191 e. The van der Waals surface area contributed by atoms with Crippen molar-refractivity contribution in [3.05, 3.63) is 71.0 Å². The highest BCUT2D eigenvalue weighted by Gasteiger charge is 2.04. The molecular formula is C20H26FN3OS. The third-order valence-electron chi connectivity index (χ3n) is 4.01. The second-order valence-corrected chi connectivity index (χ2v) is 7.60. The first-order chi connectivity index (χ1) is 12.6. The van der Waals surface area contributed by atoms with Crippen LogP contribution < -0.4 is 10.6 Å². The van der Waals surface area contributed by atoms with Gasteiger partial charge in [0.2, 0.25) is 0 Å². The SMILES string of the molecule is CN=C(NCCc1ccc(F)cc1C)NCCS(=O)Cc1ccccc1. The Labute approximate surface area is 157 Å². The minimum absolute atomic E-state index is 0.208. The molecule has 0 aliphatic rings. The predicted molar refractivity (Wildman–Crippen MR) is 107 cm³/mol. The third kappa shape index (κ3) is 6.96. The first-order valence-electron chi connectivity index (χ1n) is 8.67. The second-order valence-electron chi connectivity index (χ2n) is 6.02. The molecule has 0 spiro atoms. The van der Waals surface area contributed by atoms with Crippen molar-refractivity contribution in [2.75, 3.05) is 25.9 Å². The summed E-state index contributed by atoms with van der Waals surface area (Å²) in [6.45, 7) is 3.20. The molecule has 0 radical (unpaired) electrons. The van der Waals surface area contributed by atoms with E-state index >= 15 is 0 Å².